The summed E-state index contributed by atoms with van der Waals surface area (Å²) < 4.78 is 26.2. The highest BCUT2D eigenvalue weighted by Gasteiger charge is 2.17. The molecule has 0 saturated carbocycles. The van der Waals surface area contributed by atoms with Crippen LogP contribution < -0.4 is 16.1 Å². The molecule has 0 spiro atoms. The normalized spacial score (nSPS) is 13.4. The Morgan fingerprint density at radius 2 is 1.91 bits per heavy atom. The molecule has 22 heavy (non-hydrogen) atoms. The lowest BCUT2D eigenvalue weighted by Gasteiger charge is -2.18. The zero-order valence-corrected chi connectivity index (χ0v) is 12.4. The van der Waals surface area contributed by atoms with Gasteiger partial charge < -0.3 is 16.1 Å². The van der Waals surface area contributed by atoms with Gasteiger partial charge >= 0.3 is 0 Å². The number of rotatable bonds is 3. The Morgan fingerprint density at radius 3 is 2.64 bits per heavy atom. The van der Waals surface area contributed by atoms with Gasteiger partial charge in [0.15, 0.2) is 5.11 Å². The van der Waals surface area contributed by atoms with Gasteiger partial charge in [0.2, 0.25) is 0 Å². The predicted octanol–water partition coefficient (Wildman–Crippen LogP) is 3.05. The molecule has 0 saturated heterocycles. The molecule has 0 aliphatic carbocycles. The van der Waals surface area contributed by atoms with Crippen molar-refractivity contribution in [3.8, 4) is 0 Å². The van der Waals surface area contributed by atoms with Gasteiger partial charge in [0.1, 0.15) is 11.6 Å². The number of halogens is 2. The molecule has 0 fully saturated rings. The Balaban J connectivity index is 1.51. The molecule has 3 rings (SSSR count). The third-order valence-corrected chi connectivity index (χ3v) is 3.45. The standard InChI is InChI=1S/C15H14F2N4S/c16-11-5-12(17)7-13(6-11)19-15(22)18-9-21-8-10-3-1-2-4-14(10)20-21/h1-7,20H,8-9H2,(H2,18,19,22). The highest BCUT2D eigenvalue weighted by atomic mass is 32.1. The number of hydrogen-bond donors (Lipinski definition) is 3. The van der Waals surface area contributed by atoms with Crippen molar-refractivity contribution in [3.05, 3.63) is 59.7 Å². The molecule has 0 aromatic heterocycles. The van der Waals surface area contributed by atoms with Crippen molar-refractivity contribution in [2.24, 2.45) is 0 Å². The number of fused-ring (bicyclic) bond motifs is 1. The summed E-state index contributed by atoms with van der Waals surface area (Å²) in [5.74, 6) is -1.30. The van der Waals surface area contributed by atoms with Crippen LogP contribution in [0.25, 0.3) is 0 Å². The average molecular weight is 320 g/mol. The second kappa shape index (κ2) is 6.25. The van der Waals surface area contributed by atoms with Gasteiger partial charge in [-0.1, -0.05) is 18.2 Å². The molecule has 7 heteroatoms. The summed E-state index contributed by atoms with van der Waals surface area (Å²) in [4.78, 5) is 0. The Labute approximate surface area is 132 Å². The monoisotopic (exact) mass is 320 g/mol. The van der Waals surface area contributed by atoms with Crippen LogP contribution in [-0.4, -0.2) is 16.8 Å². The Bertz CT molecular complexity index is 662. The van der Waals surface area contributed by atoms with Gasteiger partial charge in [0.25, 0.3) is 0 Å². The van der Waals surface area contributed by atoms with Crippen molar-refractivity contribution in [1.82, 2.24) is 10.3 Å². The quantitative estimate of drug-likeness (QED) is 0.758. The molecule has 2 aromatic rings. The lowest BCUT2D eigenvalue weighted by Crippen LogP contribution is -2.39. The van der Waals surface area contributed by atoms with E-state index in [4.69, 9.17) is 12.2 Å². The molecule has 0 bridgehead atoms. The molecular formula is C15H14F2N4S. The number of anilines is 2. The molecule has 0 unspecified atom stereocenters. The van der Waals surface area contributed by atoms with Crippen LogP contribution in [0, 0.1) is 11.6 Å². The van der Waals surface area contributed by atoms with Gasteiger partial charge in [-0.15, -0.1) is 0 Å². The molecule has 0 radical (unpaired) electrons. The minimum Gasteiger partial charge on any atom is -0.348 e. The summed E-state index contributed by atoms with van der Waals surface area (Å²) >= 11 is 5.12. The van der Waals surface area contributed by atoms with Crippen molar-refractivity contribution < 1.29 is 8.78 Å². The molecule has 3 N–H and O–H groups in total. The molecule has 1 aliphatic heterocycles. The van der Waals surface area contributed by atoms with Crippen LogP contribution in [0.15, 0.2) is 42.5 Å². The van der Waals surface area contributed by atoms with Crippen LogP contribution in [0.2, 0.25) is 0 Å². The maximum Gasteiger partial charge on any atom is 0.171 e. The number of nitrogens with zero attached hydrogens (tertiary/aromatic N) is 1. The van der Waals surface area contributed by atoms with Crippen LogP contribution in [0.5, 0.6) is 0 Å². The molecule has 0 amide bonds. The molecule has 4 nitrogen and oxygen atoms in total. The first-order valence-corrected chi connectivity index (χ1v) is 7.11. The van der Waals surface area contributed by atoms with E-state index in [1.54, 1.807) is 0 Å². The van der Waals surface area contributed by atoms with Crippen LogP contribution in [0.3, 0.4) is 0 Å². The van der Waals surface area contributed by atoms with Crippen molar-refractivity contribution in [3.63, 3.8) is 0 Å². The number of hydrogen-bond acceptors (Lipinski definition) is 3. The number of hydrazine groups is 1. The zero-order valence-electron chi connectivity index (χ0n) is 11.6. The van der Waals surface area contributed by atoms with E-state index in [1.165, 1.54) is 17.7 Å². The van der Waals surface area contributed by atoms with E-state index in [-0.39, 0.29) is 5.69 Å². The van der Waals surface area contributed by atoms with Crippen LogP contribution >= 0.6 is 12.2 Å². The Hall–Kier alpha value is -2.25. The maximum absolute atomic E-state index is 13.1. The average Bonchev–Trinajstić information content (AvgIpc) is 2.87. The molecule has 1 aliphatic rings. The van der Waals surface area contributed by atoms with Crippen LogP contribution in [0.4, 0.5) is 20.2 Å². The summed E-state index contributed by atoms with van der Waals surface area (Å²) in [6, 6.07) is 11.2. The fourth-order valence-electron chi connectivity index (χ4n) is 2.25. The highest BCUT2D eigenvalue weighted by molar-refractivity contribution is 7.80. The van der Waals surface area contributed by atoms with Gasteiger partial charge in [-0.2, -0.15) is 5.01 Å². The van der Waals surface area contributed by atoms with E-state index < -0.39 is 11.6 Å². The van der Waals surface area contributed by atoms with Crippen molar-refractivity contribution >= 4 is 28.7 Å². The topological polar surface area (TPSA) is 39.3 Å². The molecular weight excluding hydrogens is 306 g/mol. The largest absolute Gasteiger partial charge is 0.348 e. The van der Waals surface area contributed by atoms with Crippen LogP contribution in [-0.2, 0) is 6.54 Å². The SMILES string of the molecule is Fc1cc(F)cc(NC(=S)NCN2Cc3ccccc3N2)c1. The Kier molecular flexibility index (Phi) is 4.17. The first-order chi connectivity index (χ1) is 10.6. The van der Waals surface area contributed by atoms with Gasteiger partial charge in [0.05, 0.1) is 12.4 Å². The fraction of sp³-hybridized carbons (Fsp3) is 0.133. The van der Waals surface area contributed by atoms with Crippen LogP contribution in [0.1, 0.15) is 5.56 Å². The van der Waals surface area contributed by atoms with Gasteiger partial charge in [-0.05, 0) is 36.0 Å². The van der Waals surface area contributed by atoms with E-state index in [2.05, 4.69) is 22.1 Å². The number of thiocarbonyl (C=S) groups is 1. The van der Waals surface area contributed by atoms with E-state index in [9.17, 15) is 8.78 Å². The summed E-state index contributed by atoms with van der Waals surface area (Å²) in [5, 5.41) is 7.98. The minimum atomic E-state index is -0.651. The van der Waals surface area contributed by atoms with Crippen molar-refractivity contribution in [2.45, 2.75) is 6.54 Å². The van der Waals surface area contributed by atoms with Gasteiger partial charge in [0, 0.05) is 18.3 Å². The first-order valence-electron chi connectivity index (χ1n) is 6.70. The summed E-state index contributed by atoms with van der Waals surface area (Å²) in [6.45, 7) is 1.21. The van der Waals surface area contributed by atoms with Gasteiger partial charge in [-0.25, -0.2) is 8.78 Å². The molecule has 0 atom stereocenters. The smallest absolute Gasteiger partial charge is 0.171 e. The minimum absolute atomic E-state index is 0.271. The number of nitrogens with one attached hydrogen (secondary N) is 3. The second-order valence-corrected chi connectivity index (χ2v) is 5.32. The zero-order chi connectivity index (χ0) is 15.5. The summed E-state index contributed by atoms with van der Waals surface area (Å²) in [7, 11) is 0. The number of para-hydroxylation sites is 1. The lowest BCUT2D eigenvalue weighted by molar-refractivity contribution is 0.337. The lowest BCUT2D eigenvalue weighted by atomic mass is 10.2. The molecule has 1 heterocycles. The molecule has 114 valence electrons. The van der Waals surface area contributed by atoms with Gasteiger partial charge in [-0.3, -0.25) is 0 Å². The Morgan fingerprint density at radius 1 is 1.18 bits per heavy atom. The summed E-state index contributed by atoms with van der Waals surface area (Å²) in [6.07, 6.45) is 0. The number of benzene rings is 2. The van der Waals surface area contributed by atoms with E-state index >= 15 is 0 Å². The maximum atomic E-state index is 13.1. The van der Waals surface area contributed by atoms with E-state index in [1.807, 2.05) is 23.2 Å². The van der Waals surface area contributed by atoms with E-state index in [0.717, 1.165) is 18.3 Å². The van der Waals surface area contributed by atoms with Crippen molar-refractivity contribution in [1.29, 1.82) is 0 Å². The van der Waals surface area contributed by atoms with Crippen molar-refractivity contribution in [2.75, 3.05) is 17.4 Å². The second-order valence-electron chi connectivity index (χ2n) is 4.91. The van der Waals surface area contributed by atoms with E-state index in [0.29, 0.717) is 11.8 Å². The molecule has 2 aromatic carbocycles. The highest BCUT2D eigenvalue weighted by Crippen LogP contribution is 2.23. The summed E-state index contributed by atoms with van der Waals surface area (Å²) in [5.41, 5.74) is 5.78. The predicted molar refractivity (Wildman–Crippen MR) is 86.2 cm³/mol. The third kappa shape index (κ3) is 3.49. The third-order valence-electron chi connectivity index (χ3n) is 3.21. The fourth-order valence-corrected chi connectivity index (χ4v) is 2.43. The first kappa shape index (κ1) is 14.7.